The molecule has 2 heteroatoms. The van der Waals surface area contributed by atoms with Crippen LogP contribution in [-0.4, -0.2) is 37.6 Å². The summed E-state index contributed by atoms with van der Waals surface area (Å²) in [6.45, 7) is 13.1. The summed E-state index contributed by atoms with van der Waals surface area (Å²) < 4.78 is 0. The first-order chi connectivity index (χ1) is 8.00. The van der Waals surface area contributed by atoms with Crippen LogP contribution in [0.1, 0.15) is 47.0 Å². The topological polar surface area (TPSA) is 15.3 Å². The van der Waals surface area contributed by atoms with Gasteiger partial charge in [-0.15, -0.1) is 0 Å². The highest BCUT2D eigenvalue weighted by Crippen LogP contribution is 2.19. The van der Waals surface area contributed by atoms with Crippen molar-refractivity contribution >= 4 is 0 Å². The minimum Gasteiger partial charge on any atom is -0.313 e. The fraction of sp³-hybridized carbons (Fsp3) is 1.00. The minimum atomic E-state index is 0.682. The van der Waals surface area contributed by atoms with Crippen molar-refractivity contribution in [2.45, 2.75) is 53.0 Å². The monoisotopic (exact) mass is 240 g/mol. The lowest BCUT2D eigenvalue weighted by atomic mass is 9.91. The highest BCUT2D eigenvalue weighted by atomic mass is 15.1. The second-order valence-corrected chi connectivity index (χ2v) is 6.50. The average Bonchev–Trinajstić information content (AvgIpc) is 2.25. The Kier molecular flexibility index (Phi) is 6.50. The van der Waals surface area contributed by atoms with Crippen molar-refractivity contribution in [3.05, 3.63) is 0 Å². The lowest BCUT2D eigenvalue weighted by Crippen LogP contribution is -2.40. The first-order valence-corrected chi connectivity index (χ1v) is 7.42. The van der Waals surface area contributed by atoms with Crippen LogP contribution in [0, 0.1) is 17.8 Å². The molecule has 1 fully saturated rings. The molecule has 0 spiro atoms. The standard InChI is InChI=1S/C15H32N2/c1-12(2)15(13(3)4)16-9-6-14-7-10-17(5)11-8-14/h12-16H,6-11H2,1-5H3. The molecule has 1 aliphatic rings. The maximum absolute atomic E-state index is 3.76. The van der Waals surface area contributed by atoms with Gasteiger partial charge >= 0.3 is 0 Å². The number of rotatable bonds is 6. The summed E-state index contributed by atoms with van der Waals surface area (Å²) >= 11 is 0. The van der Waals surface area contributed by atoms with E-state index in [0.717, 1.165) is 17.8 Å². The molecule has 17 heavy (non-hydrogen) atoms. The van der Waals surface area contributed by atoms with Crippen LogP contribution >= 0.6 is 0 Å². The van der Waals surface area contributed by atoms with Crippen LogP contribution in [0.15, 0.2) is 0 Å². The molecule has 1 aliphatic heterocycles. The maximum Gasteiger partial charge on any atom is 0.0113 e. The van der Waals surface area contributed by atoms with E-state index in [1.807, 2.05) is 0 Å². The molecule has 1 rings (SSSR count). The van der Waals surface area contributed by atoms with E-state index in [1.165, 1.54) is 38.9 Å². The Morgan fingerprint density at radius 1 is 1.06 bits per heavy atom. The van der Waals surface area contributed by atoms with Gasteiger partial charge in [0.05, 0.1) is 0 Å². The van der Waals surface area contributed by atoms with E-state index in [9.17, 15) is 0 Å². The van der Waals surface area contributed by atoms with Crippen molar-refractivity contribution in [2.24, 2.45) is 17.8 Å². The highest BCUT2D eigenvalue weighted by molar-refractivity contribution is 4.76. The van der Waals surface area contributed by atoms with Gasteiger partial charge in [-0.25, -0.2) is 0 Å². The molecule has 0 unspecified atom stereocenters. The summed E-state index contributed by atoms with van der Waals surface area (Å²) in [5, 5.41) is 3.76. The molecule has 0 aliphatic carbocycles. The summed E-state index contributed by atoms with van der Waals surface area (Å²) in [6.07, 6.45) is 4.15. The molecule has 0 aromatic heterocycles. The molecule has 0 atom stereocenters. The SMILES string of the molecule is CC(C)C(NCCC1CCN(C)CC1)C(C)C. The van der Waals surface area contributed by atoms with Crippen LogP contribution in [0.5, 0.6) is 0 Å². The molecule has 1 heterocycles. The van der Waals surface area contributed by atoms with E-state index in [1.54, 1.807) is 0 Å². The van der Waals surface area contributed by atoms with E-state index in [2.05, 4.69) is 45.0 Å². The predicted molar refractivity (Wildman–Crippen MR) is 76.3 cm³/mol. The Balaban J connectivity index is 2.18. The van der Waals surface area contributed by atoms with Crippen molar-refractivity contribution in [1.29, 1.82) is 0 Å². The number of piperidine rings is 1. The van der Waals surface area contributed by atoms with E-state index in [-0.39, 0.29) is 0 Å². The Labute approximate surface area is 108 Å². The van der Waals surface area contributed by atoms with Crippen molar-refractivity contribution in [3.8, 4) is 0 Å². The molecular formula is C15H32N2. The smallest absolute Gasteiger partial charge is 0.0113 e. The van der Waals surface area contributed by atoms with Crippen molar-refractivity contribution < 1.29 is 0 Å². The van der Waals surface area contributed by atoms with Crippen molar-refractivity contribution in [1.82, 2.24) is 10.2 Å². The fourth-order valence-corrected chi connectivity index (χ4v) is 3.05. The second-order valence-electron chi connectivity index (χ2n) is 6.50. The fourth-order valence-electron chi connectivity index (χ4n) is 3.05. The van der Waals surface area contributed by atoms with Gasteiger partial charge in [-0.3, -0.25) is 0 Å². The minimum absolute atomic E-state index is 0.682. The second kappa shape index (κ2) is 7.38. The third-order valence-corrected chi connectivity index (χ3v) is 4.21. The Morgan fingerprint density at radius 2 is 1.59 bits per heavy atom. The first-order valence-electron chi connectivity index (χ1n) is 7.42. The third-order valence-electron chi connectivity index (χ3n) is 4.21. The summed E-state index contributed by atoms with van der Waals surface area (Å²) in [5.74, 6) is 2.44. The van der Waals surface area contributed by atoms with Crippen LogP contribution in [0.2, 0.25) is 0 Å². The summed E-state index contributed by atoms with van der Waals surface area (Å²) in [7, 11) is 2.24. The number of hydrogen-bond donors (Lipinski definition) is 1. The lowest BCUT2D eigenvalue weighted by Gasteiger charge is -2.31. The predicted octanol–water partition coefficient (Wildman–Crippen LogP) is 2.99. The molecule has 2 nitrogen and oxygen atoms in total. The third kappa shape index (κ3) is 5.39. The Bertz CT molecular complexity index is 185. The van der Waals surface area contributed by atoms with Crippen LogP contribution in [0.4, 0.5) is 0 Å². The van der Waals surface area contributed by atoms with Crippen molar-refractivity contribution in [3.63, 3.8) is 0 Å². The molecule has 0 radical (unpaired) electrons. The van der Waals surface area contributed by atoms with Crippen LogP contribution in [-0.2, 0) is 0 Å². The molecule has 0 aromatic rings. The van der Waals surface area contributed by atoms with Crippen LogP contribution < -0.4 is 5.32 Å². The lowest BCUT2D eigenvalue weighted by molar-refractivity contribution is 0.206. The zero-order valence-electron chi connectivity index (χ0n) is 12.5. The van der Waals surface area contributed by atoms with Gasteiger partial charge in [0.25, 0.3) is 0 Å². The van der Waals surface area contributed by atoms with Gasteiger partial charge in [0.15, 0.2) is 0 Å². The van der Waals surface area contributed by atoms with Gasteiger partial charge in [-0.2, -0.15) is 0 Å². The Morgan fingerprint density at radius 3 is 2.06 bits per heavy atom. The maximum atomic E-state index is 3.76. The molecule has 0 saturated carbocycles. The van der Waals surface area contributed by atoms with E-state index >= 15 is 0 Å². The van der Waals surface area contributed by atoms with Crippen LogP contribution in [0.25, 0.3) is 0 Å². The average molecular weight is 240 g/mol. The van der Waals surface area contributed by atoms with Gasteiger partial charge in [0, 0.05) is 6.04 Å². The van der Waals surface area contributed by atoms with E-state index < -0.39 is 0 Å². The largest absolute Gasteiger partial charge is 0.313 e. The normalized spacial score (nSPS) is 19.8. The van der Waals surface area contributed by atoms with Gasteiger partial charge in [-0.05, 0) is 63.7 Å². The zero-order valence-corrected chi connectivity index (χ0v) is 12.5. The first kappa shape index (κ1) is 15.0. The Hall–Kier alpha value is -0.0800. The quantitative estimate of drug-likeness (QED) is 0.768. The molecule has 1 saturated heterocycles. The summed E-state index contributed by atoms with van der Waals surface area (Å²) in [6, 6.07) is 0.682. The van der Waals surface area contributed by atoms with Gasteiger partial charge < -0.3 is 10.2 Å². The van der Waals surface area contributed by atoms with Gasteiger partial charge in [-0.1, -0.05) is 27.7 Å². The number of likely N-dealkylation sites (tertiary alicyclic amines) is 1. The number of nitrogens with zero attached hydrogens (tertiary/aromatic N) is 1. The molecule has 0 aromatic carbocycles. The van der Waals surface area contributed by atoms with Crippen LogP contribution in [0.3, 0.4) is 0 Å². The van der Waals surface area contributed by atoms with E-state index in [4.69, 9.17) is 0 Å². The number of hydrogen-bond acceptors (Lipinski definition) is 2. The molecule has 0 amide bonds. The molecule has 0 bridgehead atoms. The van der Waals surface area contributed by atoms with E-state index in [0.29, 0.717) is 6.04 Å². The van der Waals surface area contributed by atoms with Gasteiger partial charge in [0.1, 0.15) is 0 Å². The molecule has 102 valence electrons. The summed E-state index contributed by atoms with van der Waals surface area (Å²) in [5.41, 5.74) is 0. The molecule has 1 N–H and O–H groups in total. The summed E-state index contributed by atoms with van der Waals surface area (Å²) in [4.78, 5) is 2.45. The highest BCUT2D eigenvalue weighted by Gasteiger charge is 2.19. The number of nitrogens with one attached hydrogen (secondary N) is 1. The zero-order chi connectivity index (χ0) is 12.8. The van der Waals surface area contributed by atoms with Gasteiger partial charge in [0.2, 0.25) is 0 Å². The molecular weight excluding hydrogens is 208 g/mol. The van der Waals surface area contributed by atoms with Crippen molar-refractivity contribution in [2.75, 3.05) is 26.7 Å².